The summed E-state index contributed by atoms with van der Waals surface area (Å²) in [6.07, 6.45) is 0.531. The van der Waals surface area contributed by atoms with Crippen molar-refractivity contribution in [1.29, 1.82) is 0 Å². The number of hydrogen-bond acceptors (Lipinski definition) is 5. The zero-order valence-electron chi connectivity index (χ0n) is 9.77. The molecule has 2 aliphatic rings. The Morgan fingerprint density at radius 2 is 2.17 bits per heavy atom. The fourth-order valence-electron chi connectivity index (χ4n) is 1.99. The predicted octanol–water partition coefficient (Wildman–Crippen LogP) is 0.472. The van der Waals surface area contributed by atoms with E-state index in [4.69, 9.17) is 19.9 Å². The van der Waals surface area contributed by atoms with E-state index >= 15 is 0 Å². The first-order valence-electron chi connectivity index (χ1n) is 5.75. The Kier molecular flexibility index (Phi) is 2.61. The highest BCUT2D eigenvalue weighted by Gasteiger charge is 2.38. The van der Waals surface area contributed by atoms with Crippen LogP contribution in [0, 0.1) is 0 Å². The molecule has 1 amide bonds. The summed E-state index contributed by atoms with van der Waals surface area (Å²) in [5.74, 6) is 1.07. The number of hydrogen-bond donors (Lipinski definition) is 2. The Hall–Kier alpha value is -1.79. The van der Waals surface area contributed by atoms with Gasteiger partial charge in [-0.2, -0.15) is 0 Å². The Morgan fingerprint density at radius 3 is 2.94 bits per heavy atom. The van der Waals surface area contributed by atoms with Crippen LogP contribution in [0.2, 0.25) is 0 Å². The minimum Gasteiger partial charge on any atom is -0.454 e. The van der Waals surface area contributed by atoms with E-state index in [0.717, 1.165) is 0 Å². The third-order valence-electron chi connectivity index (χ3n) is 3.13. The van der Waals surface area contributed by atoms with Crippen molar-refractivity contribution in [2.45, 2.75) is 12.0 Å². The van der Waals surface area contributed by atoms with Crippen LogP contribution in [0.5, 0.6) is 11.5 Å². The van der Waals surface area contributed by atoms with Crippen molar-refractivity contribution in [1.82, 2.24) is 0 Å². The third-order valence-corrected chi connectivity index (χ3v) is 3.13. The Bertz CT molecular complexity index is 483. The molecule has 18 heavy (non-hydrogen) atoms. The minimum atomic E-state index is -0.934. The number of ether oxygens (including phenoxy) is 3. The molecule has 0 radical (unpaired) electrons. The van der Waals surface area contributed by atoms with E-state index in [9.17, 15) is 4.79 Å². The van der Waals surface area contributed by atoms with E-state index < -0.39 is 5.54 Å². The normalized spacial score (nSPS) is 25.2. The monoisotopic (exact) mass is 250 g/mol. The van der Waals surface area contributed by atoms with Gasteiger partial charge in [0.05, 0.1) is 6.61 Å². The van der Waals surface area contributed by atoms with Gasteiger partial charge >= 0.3 is 0 Å². The molecule has 6 nitrogen and oxygen atoms in total. The summed E-state index contributed by atoms with van der Waals surface area (Å²) in [6.45, 7) is 0.982. The number of carbonyl (C=O) groups excluding carboxylic acids is 1. The summed E-state index contributed by atoms with van der Waals surface area (Å²) in [4.78, 5) is 12.0. The van der Waals surface area contributed by atoms with E-state index in [1.807, 2.05) is 0 Å². The maximum atomic E-state index is 12.0. The van der Waals surface area contributed by atoms with Crippen LogP contribution >= 0.6 is 0 Å². The summed E-state index contributed by atoms with van der Waals surface area (Å²) in [6, 6.07) is 5.23. The fraction of sp³-hybridized carbons (Fsp3) is 0.417. The van der Waals surface area contributed by atoms with Crippen molar-refractivity contribution < 1.29 is 19.0 Å². The highest BCUT2D eigenvalue weighted by molar-refractivity contribution is 5.98. The average Bonchev–Trinajstić information content (AvgIpc) is 2.98. The number of rotatable bonds is 2. The van der Waals surface area contributed by atoms with Gasteiger partial charge in [0.25, 0.3) is 0 Å². The molecule has 2 aliphatic heterocycles. The van der Waals surface area contributed by atoms with Gasteiger partial charge in [-0.3, -0.25) is 4.79 Å². The van der Waals surface area contributed by atoms with E-state index in [0.29, 0.717) is 30.2 Å². The first-order valence-corrected chi connectivity index (χ1v) is 5.75. The maximum absolute atomic E-state index is 12.0. The first-order chi connectivity index (χ1) is 8.67. The first kappa shape index (κ1) is 11.3. The van der Waals surface area contributed by atoms with E-state index in [1.54, 1.807) is 18.2 Å². The highest BCUT2D eigenvalue weighted by atomic mass is 16.7. The summed E-state index contributed by atoms with van der Waals surface area (Å²) in [5, 5.41) is 2.77. The summed E-state index contributed by atoms with van der Waals surface area (Å²) < 4.78 is 15.6. The largest absolute Gasteiger partial charge is 0.454 e. The summed E-state index contributed by atoms with van der Waals surface area (Å²) in [5.41, 5.74) is 5.68. The second-order valence-electron chi connectivity index (χ2n) is 4.48. The zero-order chi connectivity index (χ0) is 12.6. The molecular weight excluding hydrogens is 236 g/mol. The van der Waals surface area contributed by atoms with Crippen LogP contribution in [-0.2, 0) is 9.53 Å². The van der Waals surface area contributed by atoms with Crippen LogP contribution in [0.3, 0.4) is 0 Å². The molecule has 2 heterocycles. The Morgan fingerprint density at radius 1 is 1.33 bits per heavy atom. The average molecular weight is 250 g/mol. The number of benzene rings is 1. The maximum Gasteiger partial charge on any atom is 0.246 e. The lowest BCUT2D eigenvalue weighted by atomic mass is 9.99. The molecule has 0 spiro atoms. The second-order valence-corrected chi connectivity index (χ2v) is 4.48. The number of amides is 1. The summed E-state index contributed by atoms with van der Waals surface area (Å²) in [7, 11) is 0. The number of carbonyl (C=O) groups is 1. The van der Waals surface area contributed by atoms with Gasteiger partial charge in [0.1, 0.15) is 5.54 Å². The molecular formula is C12H14N2O4. The van der Waals surface area contributed by atoms with Crippen molar-refractivity contribution in [2.75, 3.05) is 25.3 Å². The van der Waals surface area contributed by atoms with Gasteiger partial charge < -0.3 is 25.3 Å². The van der Waals surface area contributed by atoms with Crippen LogP contribution in [0.25, 0.3) is 0 Å². The van der Waals surface area contributed by atoms with Crippen LogP contribution in [0.15, 0.2) is 18.2 Å². The van der Waals surface area contributed by atoms with Gasteiger partial charge in [-0.25, -0.2) is 0 Å². The smallest absolute Gasteiger partial charge is 0.246 e. The van der Waals surface area contributed by atoms with Crippen molar-refractivity contribution in [3.05, 3.63) is 18.2 Å². The van der Waals surface area contributed by atoms with Crippen molar-refractivity contribution in [2.24, 2.45) is 5.73 Å². The quantitative estimate of drug-likeness (QED) is 0.797. The van der Waals surface area contributed by atoms with Gasteiger partial charge in [-0.05, 0) is 18.6 Å². The molecule has 0 saturated carbocycles. The molecule has 1 unspecified atom stereocenters. The molecule has 0 aromatic heterocycles. The van der Waals surface area contributed by atoms with Gasteiger partial charge in [-0.1, -0.05) is 0 Å². The molecule has 3 N–H and O–H groups in total. The molecule has 96 valence electrons. The molecule has 1 saturated heterocycles. The lowest BCUT2D eigenvalue weighted by Crippen LogP contribution is -2.51. The van der Waals surface area contributed by atoms with Crippen LogP contribution in [0.4, 0.5) is 5.69 Å². The predicted molar refractivity (Wildman–Crippen MR) is 63.5 cm³/mol. The fourth-order valence-corrected chi connectivity index (χ4v) is 1.99. The van der Waals surface area contributed by atoms with Crippen molar-refractivity contribution in [3.8, 4) is 11.5 Å². The van der Waals surface area contributed by atoms with Gasteiger partial charge in [0.15, 0.2) is 11.5 Å². The minimum absolute atomic E-state index is 0.210. The van der Waals surface area contributed by atoms with Crippen LogP contribution < -0.4 is 20.5 Å². The molecule has 1 aromatic carbocycles. The zero-order valence-corrected chi connectivity index (χ0v) is 9.77. The molecule has 0 aliphatic carbocycles. The molecule has 0 bridgehead atoms. The Balaban J connectivity index is 1.74. The topological polar surface area (TPSA) is 82.8 Å². The van der Waals surface area contributed by atoms with E-state index in [1.165, 1.54) is 0 Å². The SMILES string of the molecule is NC1(C(=O)Nc2ccc3c(c2)OCO3)CCOC1. The third kappa shape index (κ3) is 1.89. The van der Waals surface area contributed by atoms with Crippen molar-refractivity contribution >= 4 is 11.6 Å². The molecule has 3 rings (SSSR count). The number of nitrogens with two attached hydrogens (primary N) is 1. The number of anilines is 1. The summed E-state index contributed by atoms with van der Waals surface area (Å²) >= 11 is 0. The van der Waals surface area contributed by atoms with Crippen LogP contribution in [-0.4, -0.2) is 31.5 Å². The lowest BCUT2D eigenvalue weighted by molar-refractivity contribution is -0.121. The van der Waals surface area contributed by atoms with E-state index in [2.05, 4.69) is 5.32 Å². The second kappa shape index (κ2) is 4.15. The lowest BCUT2D eigenvalue weighted by Gasteiger charge is -2.20. The van der Waals surface area contributed by atoms with E-state index in [-0.39, 0.29) is 19.3 Å². The van der Waals surface area contributed by atoms with Gasteiger partial charge in [0.2, 0.25) is 12.7 Å². The van der Waals surface area contributed by atoms with Gasteiger partial charge in [-0.15, -0.1) is 0 Å². The van der Waals surface area contributed by atoms with Crippen molar-refractivity contribution in [3.63, 3.8) is 0 Å². The molecule has 1 atom stereocenters. The molecule has 1 aromatic rings. The Labute approximate surface area is 104 Å². The molecule has 6 heteroatoms. The van der Waals surface area contributed by atoms with Crippen LogP contribution in [0.1, 0.15) is 6.42 Å². The van der Waals surface area contributed by atoms with Gasteiger partial charge in [0, 0.05) is 18.4 Å². The number of fused-ring (bicyclic) bond motifs is 1. The number of nitrogens with one attached hydrogen (secondary N) is 1. The highest BCUT2D eigenvalue weighted by Crippen LogP contribution is 2.34. The molecule has 1 fully saturated rings. The standard InChI is InChI=1S/C12H14N2O4/c13-12(3-4-16-6-12)11(15)14-8-1-2-9-10(5-8)18-7-17-9/h1-2,5H,3-4,6-7,13H2,(H,14,15).